The van der Waals surface area contributed by atoms with Crippen molar-refractivity contribution < 1.29 is 9.26 Å². The minimum atomic E-state index is 0.859. The van der Waals surface area contributed by atoms with Gasteiger partial charge in [0.15, 0.2) is 5.96 Å². The van der Waals surface area contributed by atoms with Crippen molar-refractivity contribution in [2.24, 2.45) is 4.99 Å². The molecule has 3 rings (SSSR count). The summed E-state index contributed by atoms with van der Waals surface area (Å²) in [5.41, 5.74) is 1.00. The zero-order valence-electron chi connectivity index (χ0n) is 15.9. The molecule has 0 aliphatic carbocycles. The van der Waals surface area contributed by atoms with Crippen molar-refractivity contribution in [3.8, 4) is 0 Å². The van der Waals surface area contributed by atoms with E-state index in [0.717, 1.165) is 96.7 Å². The van der Waals surface area contributed by atoms with Crippen LogP contribution in [0.5, 0.6) is 0 Å². The number of piperazine rings is 1. The van der Waals surface area contributed by atoms with E-state index in [9.17, 15) is 0 Å². The van der Waals surface area contributed by atoms with E-state index in [1.807, 2.05) is 6.07 Å². The van der Waals surface area contributed by atoms with Gasteiger partial charge in [-0.15, -0.1) is 0 Å². The SMILES string of the molecule is CCNC(=NCCCN1CCOCC1)N1CCN(Cc2ccon2)CC1. The van der Waals surface area contributed by atoms with Gasteiger partial charge in [0.1, 0.15) is 6.26 Å². The second kappa shape index (κ2) is 10.5. The van der Waals surface area contributed by atoms with Gasteiger partial charge in [0, 0.05) is 71.5 Å². The molecule has 8 heteroatoms. The van der Waals surface area contributed by atoms with Gasteiger partial charge in [-0.2, -0.15) is 0 Å². The third kappa shape index (κ3) is 5.96. The number of ether oxygens (including phenoxy) is 1. The lowest BCUT2D eigenvalue weighted by Crippen LogP contribution is -2.52. The highest BCUT2D eigenvalue weighted by molar-refractivity contribution is 5.80. The molecule has 0 saturated carbocycles. The van der Waals surface area contributed by atoms with Crippen molar-refractivity contribution in [2.45, 2.75) is 19.9 Å². The van der Waals surface area contributed by atoms with Crippen molar-refractivity contribution in [1.29, 1.82) is 0 Å². The monoisotopic (exact) mass is 364 g/mol. The van der Waals surface area contributed by atoms with Crippen LogP contribution in [-0.2, 0) is 11.3 Å². The molecular weight excluding hydrogens is 332 g/mol. The quantitative estimate of drug-likeness (QED) is 0.429. The van der Waals surface area contributed by atoms with Crippen LogP contribution in [0.15, 0.2) is 21.8 Å². The first-order chi connectivity index (χ1) is 12.8. The Hall–Kier alpha value is -1.64. The first-order valence-corrected chi connectivity index (χ1v) is 9.80. The van der Waals surface area contributed by atoms with E-state index in [-0.39, 0.29) is 0 Å². The Morgan fingerprint density at radius 1 is 1.15 bits per heavy atom. The Labute approximate surface area is 156 Å². The number of rotatable bonds is 7. The summed E-state index contributed by atoms with van der Waals surface area (Å²) in [5, 5.41) is 7.45. The van der Waals surface area contributed by atoms with E-state index in [1.165, 1.54) is 0 Å². The van der Waals surface area contributed by atoms with E-state index in [1.54, 1.807) is 6.26 Å². The normalized spacial score (nSPS) is 20.5. The molecule has 0 amide bonds. The highest BCUT2D eigenvalue weighted by Crippen LogP contribution is 2.07. The Morgan fingerprint density at radius 2 is 1.96 bits per heavy atom. The summed E-state index contributed by atoms with van der Waals surface area (Å²) in [6.45, 7) is 13.7. The molecule has 1 aromatic heterocycles. The molecule has 0 unspecified atom stereocenters. The molecule has 1 N–H and O–H groups in total. The minimum Gasteiger partial charge on any atom is -0.379 e. The lowest BCUT2D eigenvalue weighted by molar-refractivity contribution is 0.0377. The average molecular weight is 364 g/mol. The molecule has 1 aromatic rings. The van der Waals surface area contributed by atoms with Crippen LogP contribution >= 0.6 is 0 Å². The van der Waals surface area contributed by atoms with Gasteiger partial charge in [-0.1, -0.05) is 5.16 Å². The molecular formula is C18H32N6O2. The number of aromatic nitrogens is 1. The maximum atomic E-state index is 5.40. The van der Waals surface area contributed by atoms with E-state index >= 15 is 0 Å². The minimum absolute atomic E-state index is 0.859. The van der Waals surface area contributed by atoms with Crippen LogP contribution in [0.4, 0.5) is 0 Å². The largest absolute Gasteiger partial charge is 0.379 e. The van der Waals surface area contributed by atoms with Crippen LogP contribution in [0.1, 0.15) is 19.0 Å². The third-order valence-electron chi connectivity index (χ3n) is 4.88. The number of guanidine groups is 1. The second-order valence-corrected chi connectivity index (χ2v) is 6.80. The molecule has 0 radical (unpaired) electrons. The fourth-order valence-electron chi connectivity index (χ4n) is 3.40. The maximum absolute atomic E-state index is 5.40. The Kier molecular flexibility index (Phi) is 7.72. The van der Waals surface area contributed by atoms with Crippen LogP contribution in [0.2, 0.25) is 0 Å². The lowest BCUT2D eigenvalue weighted by Gasteiger charge is -2.36. The smallest absolute Gasteiger partial charge is 0.194 e. The predicted octanol–water partition coefficient (Wildman–Crippen LogP) is 0.480. The number of nitrogens with one attached hydrogen (secondary N) is 1. The molecule has 0 aromatic carbocycles. The van der Waals surface area contributed by atoms with E-state index < -0.39 is 0 Å². The average Bonchev–Trinajstić information content (AvgIpc) is 3.19. The molecule has 2 aliphatic rings. The summed E-state index contributed by atoms with van der Waals surface area (Å²) < 4.78 is 10.3. The summed E-state index contributed by atoms with van der Waals surface area (Å²) in [5.74, 6) is 1.05. The van der Waals surface area contributed by atoms with Crippen molar-refractivity contribution >= 4 is 5.96 Å². The molecule has 146 valence electrons. The van der Waals surface area contributed by atoms with Crippen molar-refractivity contribution in [1.82, 2.24) is 25.2 Å². The topological polar surface area (TPSA) is 69.4 Å². The summed E-state index contributed by atoms with van der Waals surface area (Å²) in [6.07, 6.45) is 2.74. The number of nitrogens with zero attached hydrogens (tertiary/aromatic N) is 5. The van der Waals surface area contributed by atoms with Gasteiger partial charge < -0.3 is 19.5 Å². The Morgan fingerprint density at radius 3 is 2.65 bits per heavy atom. The molecule has 2 aliphatic heterocycles. The van der Waals surface area contributed by atoms with Gasteiger partial charge in [0.25, 0.3) is 0 Å². The number of morpholine rings is 1. The van der Waals surface area contributed by atoms with Gasteiger partial charge in [0.2, 0.25) is 0 Å². The number of hydrogen-bond acceptors (Lipinski definition) is 6. The van der Waals surface area contributed by atoms with Gasteiger partial charge in [-0.05, 0) is 13.3 Å². The molecule has 0 atom stereocenters. The standard InChI is InChI=1S/C18H32N6O2/c1-2-19-18(20-5-3-6-22-11-14-25-15-12-22)24-9-7-23(8-10-24)16-17-4-13-26-21-17/h4,13H,2-3,5-12,14-16H2,1H3,(H,19,20). The molecule has 2 saturated heterocycles. The van der Waals surface area contributed by atoms with Crippen LogP contribution in [0.3, 0.4) is 0 Å². The summed E-state index contributed by atoms with van der Waals surface area (Å²) in [7, 11) is 0. The van der Waals surface area contributed by atoms with Gasteiger partial charge in [0.05, 0.1) is 18.9 Å². The molecule has 3 heterocycles. The Bertz CT molecular complexity index is 522. The summed E-state index contributed by atoms with van der Waals surface area (Å²) in [4.78, 5) is 12.1. The van der Waals surface area contributed by atoms with E-state index in [2.05, 4.69) is 32.1 Å². The second-order valence-electron chi connectivity index (χ2n) is 6.80. The van der Waals surface area contributed by atoms with E-state index in [4.69, 9.17) is 14.3 Å². The van der Waals surface area contributed by atoms with Crippen LogP contribution in [0.25, 0.3) is 0 Å². The number of aliphatic imine (C=N–C) groups is 1. The summed E-state index contributed by atoms with van der Waals surface area (Å²) >= 11 is 0. The van der Waals surface area contributed by atoms with Gasteiger partial charge in [-0.25, -0.2) is 0 Å². The fourth-order valence-corrected chi connectivity index (χ4v) is 3.40. The van der Waals surface area contributed by atoms with Crippen molar-refractivity contribution in [3.63, 3.8) is 0 Å². The third-order valence-corrected chi connectivity index (χ3v) is 4.88. The zero-order chi connectivity index (χ0) is 18.0. The highest BCUT2D eigenvalue weighted by Gasteiger charge is 2.20. The van der Waals surface area contributed by atoms with Gasteiger partial charge in [-0.3, -0.25) is 14.8 Å². The zero-order valence-corrected chi connectivity index (χ0v) is 15.9. The lowest BCUT2D eigenvalue weighted by atomic mass is 10.3. The first-order valence-electron chi connectivity index (χ1n) is 9.80. The van der Waals surface area contributed by atoms with Crippen LogP contribution < -0.4 is 5.32 Å². The fraction of sp³-hybridized carbons (Fsp3) is 0.778. The van der Waals surface area contributed by atoms with Crippen LogP contribution in [0, 0.1) is 0 Å². The van der Waals surface area contributed by atoms with Crippen LogP contribution in [-0.4, -0.2) is 97.9 Å². The van der Waals surface area contributed by atoms with Crippen molar-refractivity contribution in [2.75, 3.05) is 72.1 Å². The molecule has 26 heavy (non-hydrogen) atoms. The molecule has 8 nitrogen and oxygen atoms in total. The van der Waals surface area contributed by atoms with Gasteiger partial charge >= 0.3 is 0 Å². The maximum Gasteiger partial charge on any atom is 0.194 e. The van der Waals surface area contributed by atoms with Crippen molar-refractivity contribution in [3.05, 3.63) is 18.0 Å². The molecule has 0 bridgehead atoms. The molecule has 2 fully saturated rings. The number of hydrogen-bond donors (Lipinski definition) is 1. The summed E-state index contributed by atoms with van der Waals surface area (Å²) in [6, 6.07) is 1.94. The first kappa shape index (κ1) is 19.1. The predicted molar refractivity (Wildman–Crippen MR) is 101 cm³/mol. The molecule has 0 spiro atoms. The Balaban J connectivity index is 1.40. The highest BCUT2D eigenvalue weighted by atomic mass is 16.5. The van der Waals surface area contributed by atoms with E-state index in [0.29, 0.717) is 0 Å².